The van der Waals surface area contributed by atoms with E-state index in [2.05, 4.69) is 10.6 Å². The van der Waals surface area contributed by atoms with Crippen molar-refractivity contribution in [2.45, 2.75) is 64.0 Å². The van der Waals surface area contributed by atoms with Crippen LogP contribution < -0.4 is 10.6 Å². The quantitative estimate of drug-likeness (QED) is 0.656. The van der Waals surface area contributed by atoms with Gasteiger partial charge >= 0.3 is 0 Å². The van der Waals surface area contributed by atoms with E-state index in [0.717, 1.165) is 51.2 Å². The Labute approximate surface area is 135 Å². The highest BCUT2D eigenvalue weighted by Gasteiger charge is 2.26. The summed E-state index contributed by atoms with van der Waals surface area (Å²) in [6.45, 7) is 0.530. The standard InChI is InChI=1S/C16H25F2N3O2/c17-15(18)14(21-13-8-4-5-9-23-13)12(10-19)20-16(22)11-6-2-1-3-7-11/h10-11,13,15,19,21H,1-9H2,(H,20,22)/b14-12+,19-10?. The average Bonchev–Trinajstić information content (AvgIpc) is 2.59. The molecule has 23 heavy (non-hydrogen) atoms. The van der Waals surface area contributed by atoms with Crippen molar-refractivity contribution in [3.8, 4) is 0 Å². The lowest BCUT2D eigenvalue weighted by Crippen LogP contribution is -2.40. The van der Waals surface area contributed by atoms with E-state index in [9.17, 15) is 13.6 Å². The van der Waals surface area contributed by atoms with Crippen molar-refractivity contribution in [2.24, 2.45) is 5.92 Å². The van der Waals surface area contributed by atoms with Crippen molar-refractivity contribution in [3.05, 3.63) is 11.4 Å². The maximum Gasteiger partial charge on any atom is 0.280 e. The molecule has 5 nitrogen and oxygen atoms in total. The topological polar surface area (TPSA) is 74.2 Å². The predicted molar refractivity (Wildman–Crippen MR) is 83.3 cm³/mol. The number of halogens is 2. The SMILES string of the molecule is N=C/C(NC(=O)C1CCCCC1)=C(\NC1CCCCO1)C(F)F. The molecule has 0 aromatic carbocycles. The summed E-state index contributed by atoms with van der Waals surface area (Å²) in [4.78, 5) is 12.2. The second kappa shape index (κ2) is 8.96. The Balaban J connectivity index is 2.05. The Morgan fingerprint density at radius 2 is 1.83 bits per heavy atom. The molecule has 1 saturated carbocycles. The number of nitrogens with one attached hydrogen (secondary N) is 3. The molecule has 1 saturated heterocycles. The molecule has 7 heteroatoms. The summed E-state index contributed by atoms with van der Waals surface area (Å²) in [5, 5.41) is 12.6. The maximum absolute atomic E-state index is 13.4. The minimum absolute atomic E-state index is 0.149. The van der Waals surface area contributed by atoms with E-state index >= 15 is 0 Å². The van der Waals surface area contributed by atoms with Crippen molar-refractivity contribution >= 4 is 12.1 Å². The number of ether oxygens (including phenoxy) is 1. The summed E-state index contributed by atoms with van der Waals surface area (Å²) in [7, 11) is 0. The molecular formula is C16H25F2N3O2. The molecule has 3 N–H and O–H groups in total. The Morgan fingerprint density at radius 3 is 2.39 bits per heavy atom. The first kappa shape index (κ1) is 17.8. The number of carbonyl (C=O) groups excluding carboxylic acids is 1. The van der Waals surface area contributed by atoms with Gasteiger partial charge in [0.15, 0.2) is 0 Å². The van der Waals surface area contributed by atoms with Crippen LogP contribution in [0, 0.1) is 11.3 Å². The molecule has 2 aliphatic rings. The molecule has 1 unspecified atom stereocenters. The van der Waals surface area contributed by atoms with Crippen molar-refractivity contribution in [3.63, 3.8) is 0 Å². The molecule has 1 aliphatic heterocycles. The number of rotatable bonds is 6. The first-order chi connectivity index (χ1) is 11.1. The van der Waals surface area contributed by atoms with Crippen LogP contribution in [0.5, 0.6) is 0 Å². The zero-order valence-corrected chi connectivity index (χ0v) is 13.2. The number of alkyl halides is 2. The van der Waals surface area contributed by atoms with Crippen LogP contribution in [0.1, 0.15) is 51.4 Å². The third kappa shape index (κ3) is 5.27. The number of hydrogen-bond acceptors (Lipinski definition) is 4. The zero-order chi connectivity index (χ0) is 16.7. The van der Waals surface area contributed by atoms with E-state index < -0.39 is 18.4 Å². The van der Waals surface area contributed by atoms with E-state index in [1.165, 1.54) is 0 Å². The van der Waals surface area contributed by atoms with Gasteiger partial charge in [-0.1, -0.05) is 19.3 Å². The Kier molecular flexibility index (Phi) is 6.95. The fraction of sp³-hybridized carbons (Fsp3) is 0.750. The molecule has 0 bridgehead atoms. The van der Waals surface area contributed by atoms with Crippen LogP contribution in [0.4, 0.5) is 8.78 Å². The van der Waals surface area contributed by atoms with Crippen molar-refractivity contribution in [2.75, 3.05) is 6.61 Å². The molecule has 0 radical (unpaired) electrons. The normalized spacial score (nSPS) is 24.0. The summed E-state index contributed by atoms with van der Waals surface area (Å²) in [6, 6.07) is 0. The highest BCUT2D eigenvalue weighted by molar-refractivity contribution is 5.88. The van der Waals surface area contributed by atoms with Crippen LogP contribution in [0.3, 0.4) is 0 Å². The van der Waals surface area contributed by atoms with Gasteiger partial charge in [0, 0.05) is 18.7 Å². The van der Waals surface area contributed by atoms with Gasteiger partial charge in [0.2, 0.25) is 5.91 Å². The molecule has 1 aliphatic carbocycles. The number of amides is 1. The molecule has 2 rings (SSSR count). The number of hydrogen-bond donors (Lipinski definition) is 3. The monoisotopic (exact) mass is 329 g/mol. The van der Waals surface area contributed by atoms with E-state index in [1.54, 1.807) is 0 Å². The second-order valence-corrected chi connectivity index (χ2v) is 6.10. The van der Waals surface area contributed by atoms with Gasteiger partial charge in [-0.15, -0.1) is 0 Å². The lowest BCUT2D eigenvalue weighted by atomic mass is 9.88. The van der Waals surface area contributed by atoms with Gasteiger partial charge < -0.3 is 20.8 Å². The molecule has 0 spiro atoms. The van der Waals surface area contributed by atoms with Gasteiger partial charge in [0.1, 0.15) is 11.9 Å². The molecule has 1 heterocycles. The van der Waals surface area contributed by atoms with Gasteiger partial charge in [0.25, 0.3) is 6.43 Å². The summed E-state index contributed by atoms with van der Waals surface area (Å²) in [6.07, 6.45) is 4.58. The highest BCUT2D eigenvalue weighted by Crippen LogP contribution is 2.24. The molecule has 130 valence electrons. The fourth-order valence-electron chi connectivity index (χ4n) is 3.07. The third-order valence-electron chi connectivity index (χ3n) is 4.38. The molecule has 2 fully saturated rings. The van der Waals surface area contributed by atoms with Crippen LogP contribution in [0.2, 0.25) is 0 Å². The first-order valence-corrected chi connectivity index (χ1v) is 8.33. The van der Waals surface area contributed by atoms with E-state index in [1.807, 2.05) is 0 Å². The second-order valence-electron chi connectivity index (χ2n) is 6.10. The van der Waals surface area contributed by atoms with Gasteiger partial charge in [-0.3, -0.25) is 4.79 Å². The largest absolute Gasteiger partial charge is 0.359 e. The van der Waals surface area contributed by atoms with Crippen molar-refractivity contribution in [1.82, 2.24) is 10.6 Å². The van der Waals surface area contributed by atoms with Gasteiger partial charge in [-0.2, -0.15) is 0 Å². The van der Waals surface area contributed by atoms with Crippen LogP contribution >= 0.6 is 0 Å². The summed E-state index contributed by atoms with van der Waals surface area (Å²) in [5.41, 5.74) is -0.596. The first-order valence-electron chi connectivity index (χ1n) is 8.33. The molecule has 1 amide bonds. The molecule has 0 aromatic heterocycles. The van der Waals surface area contributed by atoms with Crippen molar-refractivity contribution < 1.29 is 18.3 Å². The summed E-state index contributed by atoms with van der Waals surface area (Å²) >= 11 is 0. The Morgan fingerprint density at radius 1 is 1.13 bits per heavy atom. The lowest BCUT2D eigenvalue weighted by Gasteiger charge is -2.27. The van der Waals surface area contributed by atoms with E-state index in [-0.39, 0.29) is 17.5 Å². The van der Waals surface area contributed by atoms with Gasteiger partial charge in [0.05, 0.1) is 5.70 Å². The van der Waals surface area contributed by atoms with Crippen LogP contribution in [-0.2, 0) is 9.53 Å². The van der Waals surface area contributed by atoms with Gasteiger partial charge in [-0.05, 0) is 32.1 Å². The Hall–Kier alpha value is -1.50. The van der Waals surface area contributed by atoms with Crippen molar-refractivity contribution in [1.29, 1.82) is 5.41 Å². The molecule has 1 atom stereocenters. The minimum Gasteiger partial charge on any atom is -0.359 e. The third-order valence-corrected chi connectivity index (χ3v) is 4.38. The summed E-state index contributed by atoms with van der Waals surface area (Å²) < 4.78 is 32.1. The highest BCUT2D eigenvalue weighted by atomic mass is 19.3. The minimum atomic E-state index is -2.80. The van der Waals surface area contributed by atoms with Crippen LogP contribution in [-0.4, -0.2) is 31.4 Å². The number of carbonyl (C=O) groups is 1. The van der Waals surface area contributed by atoms with Crippen LogP contribution in [0.25, 0.3) is 0 Å². The molecular weight excluding hydrogens is 304 g/mol. The fourth-order valence-corrected chi connectivity index (χ4v) is 3.07. The number of allylic oxidation sites excluding steroid dienone is 2. The zero-order valence-electron chi connectivity index (χ0n) is 13.2. The Bertz CT molecular complexity index is 443. The predicted octanol–water partition coefficient (Wildman–Crippen LogP) is 2.93. The smallest absolute Gasteiger partial charge is 0.280 e. The van der Waals surface area contributed by atoms with E-state index in [4.69, 9.17) is 10.1 Å². The average molecular weight is 329 g/mol. The maximum atomic E-state index is 13.4. The van der Waals surface area contributed by atoms with E-state index in [0.29, 0.717) is 13.0 Å². The lowest BCUT2D eigenvalue weighted by molar-refractivity contribution is -0.125. The van der Waals surface area contributed by atoms with Crippen LogP contribution in [0.15, 0.2) is 11.4 Å². The summed E-state index contributed by atoms with van der Waals surface area (Å²) in [5.74, 6) is -0.420. The van der Waals surface area contributed by atoms with Gasteiger partial charge in [-0.25, -0.2) is 8.78 Å². The molecule has 0 aromatic rings.